The molecular formula is C11H6BrN3S2. The summed E-state index contributed by atoms with van der Waals surface area (Å²) in [5.41, 5.74) is 1.95. The second-order valence-electron chi connectivity index (χ2n) is 3.44. The van der Waals surface area contributed by atoms with Gasteiger partial charge in [-0.1, -0.05) is 12.2 Å². The predicted molar refractivity (Wildman–Crippen MR) is 75.7 cm³/mol. The van der Waals surface area contributed by atoms with Gasteiger partial charge in [-0.2, -0.15) is 0 Å². The van der Waals surface area contributed by atoms with Gasteiger partial charge in [-0.05, 0) is 33.4 Å². The first kappa shape index (κ1) is 11.0. The van der Waals surface area contributed by atoms with Crippen molar-refractivity contribution in [3.8, 4) is 11.4 Å². The monoisotopic (exact) mass is 323 g/mol. The second-order valence-corrected chi connectivity index (χ2v) is 5.65. The molecule has 17 heavy (non-hydrogen) atoms. The van der Waals surface area contributed by atoms with Gasteiger partial charge in [0.1, 0.15) is 10.5 Å². The van der Waals surface area contributed by atoms with Gasteiger partial charge in [0, 0.05) is 18.0 Å². The van der Waals surface area contributed by atoms with Crippen molar-refractivity contribution in [3.63, 3.8) is 0 Å². The Morgan fingerprint density at radius 2 is 2.18 bits per heavy atom. The highest BCUT2D eigenvalue weighted by atomic mass is 79.9. The number of aromatic nitrogens is 3. The highest BCUT2D eigenvalue weighted by Gasteiger charge is 2.04. The summed E-state index contributed by atoms with van der Waals surface area (Å²) >= 11 is 10.1. The van der Waals surface area contributed by atoms with E-state index < -0.39 is 0 Å². The number of thiophene rings is 1. The van der Waals surface area contributed by atoms with Gasteiger partial charge in [-0.25, -0.2) is 4.98 Å². The smallest absolute Gasteiger partial charge is 0.139 e. The zero-order valence-electron chi connectivity index (χ0n) is 8.48. The number of halogens is 1. The molecule has 0 saturated heterocycles. The topological polar surface area (TPSA) is 41.6 Å². The summed E-state index contributed by atoms with van der Waals surface area (Å²) in [5, 5.41) is 2.03. The second kappa shape index (κ2) is 4.29. The lowest BCUT2D eigenvalue weighted by molar-refractivity contribution is 1.14. The number of pyridine rings is 1. The quantitative estimate of drug-likeness (QED) is 0.683. The standard InChI is InChI=1S/C11H6BrN3S2/c12-7-5-14-10(15-11(7)16)6-3-9-8(13-4-6)1-2-17-9/h1-5H,(H,14,15,16). The van der Waals surface area contributed by atoms with E-state index in [2.05, 4.69) is 36.9 Å². The third-order valence-corrected chi connectivity index (χ3v) is 4.37. The van der Waals surface area contributed by atoms with Crippen molar-refractivity contribution in [2.75, 3.05) is 0 Å². The number of hydrogen-bond acceptors (Lipinski definition) is 4. The maximum atomic E-state index is 5.16. The van der Waals surface area contributed by atoms with E-state index in [0.29, 0.717) is 4.64 Å². The molecule has 84 valence electrons. The molecule has 0 radical (unpaired) electrons. The van der Waals surface area contributed by atoms with Crippen molar-refractivity contribution in [2.45, 2.75) is 0 Å². The molecule has 1 N–H and O–H groups in total. The summed E-state index contributed by atoms with van der Waals surface area (Å²) in [7, 11) is 0. The third kappa shape index (κ3) is 2.03. The molecular weight excluding hydrogens is 318 g/mol. The molecule has 0 aliphatic rings. The maximum Gasteiger partial charge on any atom is 0.139 e. The maximum absolute atomic E-state index is 5.16. The Labute approximate surface area is 115 Å². The lowest BCUT2D eigenvalue weighted by Gasteiger charge is -2.01. The van der Waals surface area contributed by atoms with Gasteiger partial charge in [0.25, 0.3) is 0 Å². The van der Waals surface area contributed by atoms with Crippen LogP contribution in [0.3, 0.4) is 0 Å². The molecule has 0 bridgehead atoms. The number of nitrogens with one attached hydrogen (secondary N) is 1. The van der Waals surface area contributed by atoms with E-state index in [9.17, 15) is 0 Å². The van der Waals surface area contributed by atoms with Gasteiger partial charge < -0.3 is 4.98 Å². The molecule has 6 heteroatoms. The lowest BCUT2D eigenvalue weighted by atomic mass is 10.2. The summed E-state index contributed by atoms with van der Waals surface area (Å²) in [6, 6.07) is 4.07. The van der Waals surface area contributed by atoms with E-state index >= 15 is 0 Å². The molecule has 3 rings (SSSR count). The minimum absolute atomic E-state index is 0.640. The van der Waals surface area contributed by atoms with Crippen LogP contribution in [0.5, 0.6) is 0 Å². The first-order valence-corrected chi connectivity index (χ1v) is 6.90. The largest absolute Gasteiger partial charge is 0.330 e. The number of H-pyrrole nitrogens is 1. The molecule has 0 unspecified atom stereocenters. The molecule has 0 amide bonds. The summed E-state index contributed by atoms with van der Waals surface area (Å²) in [5.74, 6) is 0.737. The van der Waals surface area contributed by atoms with E-state index in [4.69, 9.17) is 12.2 Å². The van der Waals surface area contributed by atoms with Gasteiger partial charge >= 0.3 is 0 Å². The van der Waals surface area contributed by atoms with Gasteiger partial charge in [0.05, 0.1) is 14.7 Å². The number of rotatable bonds is 1. The van der Waals surface area contributed by atoms with E-state index in [0.717, 1.165) is 26.1 Å². The highest BCUT2D eigenvalue weighted by molar-refractivity contribution is 9.10. The van der Waals surface area contributed by atoms with Crippen LogP contribution in [0.2, 0.25) is 0 Å². The molecule has 3 heterocycles. The van der Waals surface area contributed by atoms with Gasteiger partial charge in [-0.3, -0.25) is 4.98 Å². The molecule has 3 aromatic heterocycles. The highest BCUT2D eigenvalue weighted by Crippen LogP contribution is 2.24. The van der Waals surface area contributed by atoms with Gasteiger partial charge in [0.15, 0.2) is 0 Å². The van der Waals surface area contributed by atoms with Gasteiger partial charge in [-0.15, -0.1) is 11.3 Å². The number of hydrogen-bond donors (Lipinski definition) is 1. The lowest BCUT2D eigenvalue weighted by Crippen LogP contribution is -1.90. The van der Waals surface area contributed by atoms with Crippen LogP contribution < -0.4 is 0 Å². The summed E-state index contributed by atoms with van der Waals surface area (Å²) in [6.07, 6.45) is 3.50. The van der Waals surface area contributed by atoms with Crippen LogP contribution in [0.1, 0.15) is 0 Å². The van der Waals surface area contributed by atoms with Crippen molar-refractivity contribution in [1.29, 1.82) is 0 Å². The molecule has 3 nitrogen and oxygen atoms in total. The van der Waals surface area contributed by atoms with Crippen LogP contribution in [0.25, 0.3) is 21.6 Å². The van der Waals surface area contributed by atoms with Crippen LogP contribution in [0.4, 0.5) is 0 Å². The van der Waals surface area contributed by atoms with E-state index in [1.807, 2.05) is 11.4 Å². The summed E-state index contributed by atoms with van der Waals surface area (Å²) in [6.45, 7) is 0. The SMILES string of the molecule is S=c1[nH]c(-c2cnc3ccsc3c2)ncc1Br. The Morgan fingerprint density at radius 1 is 1.29 bits per heavy atom. The minimum atomic E-state index is 0.640. The first-order valence-electron chi connectivity index (χ1n) is 4.82. The van der Waals surface area contributed by atoms with Crippen LogP contribution in [-0.4, -0.2) is 15.0 Å². The van der Waals surface area contributed by atoms with Crippen LogP contribution in [-0.2, 0) is 0 Å². The summed E-state index contributed by atoms with van der Waals surface area (Å²) in [4.78, 5) is 11.7. The minimum Gasteiger partial charge on any atom is -0.330 e. The average molecular weight is 324 g/mol. The normalized spacial score (nSPS) is 10.9. The fourth-order valence-corrected chi connectivity index (χ4v) is 2.63. The molecule has 3 aromatic rings. The van der Waals surface area contributed by atoms with Gasteiger partial charge in [0.2, 0.25) is 0 Å². The molecule has 0 aliphatic carbocycles. The molecule has 0 atom stereocenters. The van der Waals surface area contributed by atoms with E-state index in [-0.39, 0.29) is 0 Å². The molecule has 0 aromatic carbocycles. The van der Waals surface area contributed by atoms with Crippen LogP contribution >= 0.6 is 39.5 Å². The van der Waals surface area contributed by atoms with Crippen molar-refractivity contribution in [1.82, 2.24) is 15.0 Å². The number of aromatic amines is 1. The van der Waals surface area contributed by atoms with Crippen LogP contribution in [0, 0.1) is 4.64 Å². The number of nitrogens with zero attached hydrogens (tertiary/aromatic N) is 2. The third-order valence-electron chi connectivity index (χ3n) is 2.33. The van der Waals surface area contributed by atoms with Crippen LogP contribution in [0.15, 0.2) is 34.4 Å². The van der Waals surface area contributed by atoms with Crippen molar-refractivity contribution in [3.05, 3.63) is 39.0 Å². The Morgan fingerprint density at radius 3 is 3.00 bits per heavy atom. The Kier molecular flexibility index (Phi) is 2.78. The predicted octanol–water partition coefficient (Wildman–Crippen LogP) is 4.18. The zero-order valence-corrected chi connectivity index (χ0v) is 11.7. The van der Waals surface area contributed by atoms with Crippen molar-refractivity contribution < 1.29 is 0 Å². The zero-order chi connectivity index (χ0) is 11.8. The Bertz CT molecular complexity index is 748. The fraction of sp³-hybridized carbons (Fsp3) is 0. The summed E-state index contributed by atoms with van der Waals surface area (Å²) < 4.78 is 2.58. The Balaban J connectivity index is 2.19. The number of fused-ring (bicyclic) bond motifs is 1. The van der Waals surface area contributed by atoms with E-state index in [1.54, 1.807) is 23.7 Å². The fourth-order valence-electron chi connectivity index (χ4n) is 1.50. The van der Waals surface area contributed by atoms with Crippen molar-refractivity contribution in [2.24, 2.45) is 0 Å². The molecule has 0 fully saturated rings. The Hall–Kier alpha value is -1.11. The van der Waals surface area contributed by atoms with Crippen molar-refractivity contribution >= 4 is 49.7 Å². The molecule has 0 saturated carbocycles. The van der Waals surface area contributed by atoms with E-state index in [1.165, 1.54) is 0 Å². The molecule has 0 aliphatic heterocycles. The first-order chi connectivity index (χ1) is 8.24. The molecule has 0 spiro atoms. The average Bonchev–Trinajstić information content (AvgIpc) is 2.79.